The molecule has 1 unspecified atom stereocenters. The average Bonchev–Trinajstić information content (AvgIpc) is 2.60. The van der Waals surface area contributed by atoms with Crippen molar-refractivity contribution >= 4 is 37.6 Å². The predicted molar refractivity (Wildman–Crippen MR) is 98.0 cm³/mol. The van der Waals surface area contributed by atoms with E-state index < -0.39 is 27.9 Å². The van der Waals surface area contributed by atoms with Crippen LogP contribution < -0.4 is 14.8 Å². The van der Waals surface area contributed by atoms with Crippen molar-refractivity contribution in [1.29, 1.82) is 0 Å². The van der Waals surface area contributed by atoms with Crippen molar-refractivity contribution in [2.45, 2.75) is 11.1 Å². The van der Waals surface area contributed by atoms with Gasteiger partial charge in [0.25, 0.3) is 5.91 Å². The van der Waals surface area contributed by atoms with Crippen molar-refractivity contribution in [3.63, 3.8) is 0 Å². The Morgan fingerprint density at radius 1 is 1.19 bits per heavy atom. The van der Waals surface area contributed by atoms with Crippen LogP contribution in [-0.2, 0) is 9.84 Å². The van der Waals surface area contributed by atoms with E-state index in [0.29, 0.717) is 4.47 Å². The zero-order chi connectivity index (χ0) is 19.8. The van der Waals surface area contributed by atoms with Crippen LogP contribution in [0.4, 0.5) is 0 Å². The Morgan fingerprint density at radius 3 is 2.59 bits per heavy atom. The summed E-state index contributed by atoms with van der Waals surface area (Å²) in [5.41, 5.74) is 0.0313. The number of carboxylic acid groups (broad SMARTS) is 1. The number of nitrogens with one attached hydrogen (secondary N) is 1. The summed E-state index contributed by atoms with van der Waals surface area (Å²) in [5, 5.41) is 11.6. The predicted octanol–water partition coefficient (Wildman–Crippen LogP) is 2.08. The molecule has 2 N–H and O–H groups in total. The molecule has 0 radical (unpaired) electrons. The molecule has 3 rings (SSSR count). The third-order valence-corrected chi connectivity index (χ3v) is 5.36. The maximum absolute atomic E-state index is 12.5. The highest BCUT2D eigenvalue weighted by Crippen LogP contribution is 2.32. The maximum atomic E-state index is 12.5. The van der Waals surface area contributed by atoms with Crippen molar-refractivity contribution in [2.75, 3.05) is 12.9 Å². The minimum atomic E-state index is -3.62. The van der Waals surface area contributed by atoms with Gasteiger partial charge in [0.1, 0.15) is 6.61 Å². The molecular formula is C17H14BrNO7S. The number of fused-ring (bicyclic) bond motifs is 1. The van der Waals surface area contributed by atoms with Crippen LogP contribution >= 0.6 is 15.9 Å². The quantitative estimate of drug-likeness (QED) is 0.723. The molecule has 27 heavy (non-hydrogen) atoms. The van der Waals surface area contributed by atoms with Crippen LogP contribution in [0, 0.1) is 0 Å². The molecule has 0 spiro atoms. The van der Waals surface area contributed by atoms with Gasteiger partial charge in [0, 0.05) is 10.7 Å². The molecule has 0 saturated carbocycles. The van der Waals surface area contributed by atoms with Gasteiger partial charge < -0.3 is 19.9 Å². The van der Waals surface area contributed by atoms with Crippen molar-refractivity contribution in [3.8, 4) is 11.5 Å². The second kappa shape index (κ2) is 7.20. The minimum absolute atomic E-state index is 0.0173. The molecule has 0 fully saturated rings. The normalized spacial score (nSPS) is 15.9. The fourth-order valence-corrected chi connectivity index (χ4v) is 3.90. The topological polar surface area (TPSA) is 119 Å². The van der Waals surface area contributed by atoms with Crippen LogP contribution in [0.3, 0.4) is 0 Å². The number of halogens is 1. The Labute approximate surface area is 163 Å². The van der Waals surface area contributed by atoms with Crippen molar-refractivity contribution in [3.05, 3.63) is 52.0 Å². The van der Waals surface area contributed by atoms with Gasteiger partial charge in [0.2, 0.25) is 6.23 Å². The van der Waals surface area contributed by atoms with Crippen molar-refractivity contribution in [2.24, 2.45) is 0 Å². The summed E-state index contributed by atoms with van der Waals surface area (Å²) in [6, 6.07) is 8.42. The average molecular weight is 456 g/mol. The minimum Gasteiger partial charge on any atom is -0.484 e. The molecule has 1 heterocycles. The van der Waals surface area contributed by atoms with Gasteiger partial charge in [-0.1, -0.05) is 15.9 Å². The number of sulfone groups is 1. The first-order valence-corrected chi connectivity index (χ1v) is 10.3. The molecule has 142 valence electrons. The lowest BCUT2D eigenvalue weighted by atomic mass is 10.2. The largest absolute Gasteiger partial charge is 0.484 e. The van der Waals surface area contributed by atoms with Gasteiger partial charge in [0.15, 0.2) is 21.3 Å². The van der Waals surface area contributed by atoms with E-state index in [4.69, 9.17) is 14.6 Å². The number of aromatic carboxylic acids is 1. The fraction of sp³-hybridized carbons (Fsp3) is 0.176. The molecular weight excluding hydrogens is 442 g/mol. The molecule has 2 aromatic carbocycles. The molecule has 1 amide bonds. The van der Waals surface area contributed by atoms with Gasteiger partial charge in [-0.05, 0) is 36.4 Å². The molecule has 0 bridgehead atoms. The Bertz CT molecular complexity index is 1040. The lowest BCUT2D eigenvalue weighted by Gasteiger charge is -2.27. The molecule has 8 nitrogen and oxygen atoms in total. The van der Waals surface area contributed by atoms with E-state index >= 15 is 0 Å². The van der Waals surface area contributed by atoms with E-state index in [1.807, 2.05) is 0 Å². The monoisotopic (exact) mass is 455 g/mol. The first-order valence-electron chi connectivity index (χ1n) is 7.62. The van der Waals surface area contributed by atoms with E-state index in [1.54, 1.807) is 6.07 Å². The van der Waals surface area contributed by atoms with Crippen molar-refractivity contribution < 1.29 is 32.6 Å². The van der Waals surface area contributed by atoms with Crippen LogP contribution in [0.15, 0.2) is 45.8 Å². The molecule has 0 aromatic heterocycles. The summed E-state index contributed by atoms with van der Waals surface area (Å²) in [6.07, 6.45) is 0.152. The summed E-state index contributed by atoms with van der Waals surface area (Å²) in [4.78, 5) is 23.4. The zero-order valence-corrected chi connectivity index (χ0v) is 16.3. The number of rotatable bonds is 4. The van der Waals surface area contributed by atoms with E-state index in [0.717, 1.165) is 6.26 Å². The van der Waals surface area contributed by atoms with E-state index in [1.165, 1.54) is 30.3 Å². The molecule has 2 aromatic rings. The van der Waals surface area contributed by atoms with Gasteiger partial charge in [-0.25, -0.2) is 13.2 Å². The number of carbonyl (C=O) groups is 2. The van der Waals surface area contributed by atoms with Crippen molar-refractivity contribution in [1.82, 2.24) is 5.32 Å². The Balaban J connectivity index is 1.80. The Hall–Kier alpha value is -2.59. The number of carboxylic acids is 1. The van der Waals surface area contributed by atoms with E-state index in [-0.39, 0.29) is 34.1 Å². The molecule has 10 heteroatoms. The Kier molecular flexibility index (Phi) is 5.11. The summed E-state index contributed by atoms with van der Waals surface area (Å²) in [5.74, 6) is -1.21. The standard InChI is InChI=1S/C17H14BrNO7S/c1-27(23,24)14-7-10(18)3-4-11(14)16(20)19-15-8-25-13-6-9(17(21)22)2-5-12(13)26-15/h2-7,15H,8H2,1H3,(H,19,20)(H,21,22). The first kappa shape index (κ1) is 19.2. The number of amides is 1. The number of hydrogen-bond donors (Lipinski definition) is 2. The highest BCUT2D eigenvalue weighted by molar-refractivity contribution is 9.10. The van der Waals surface area contributed by atoms with Crippen LogP contribution in [-0.4, -0.2) is 44.5 Å². The third kappa shape index (κ3) is 4.22. The lowest BCUT2D eigenvalue weighted by Crippen LogP contribution is -2.45. The molecule has 1 aliphatic rings. The summed E-state index contributed by atoms with van der Waals surface area (Å²) in [7, 11) is -3.62. The van der Waals surface area contributed by atoms with Gasteiger partial charge in [-0.3, -0.25) is 4.79 Å². The molecule has 0 aliphatic carbocycles. The van der Waals surface area contributed by atoms with Crippen LogP contribution in [0.5, 0.6) is 11.5 Å². The number of hydrogen-bond acceptors (Lipinski definition) is 6. The smallest absolute Gasteiger partial charge is 0.335 e. The van der Waals surface area contributed by atoms with E-state index in [9.17, 15) is 18.0 Å². The first-order chi connectivity index (χ1) is 12.6. The summed E-state index contributed by atoms with van der Waals surface area (Å²) < 4.78 is 35.5. The number of ether oxygens (including phenoxy) is 2. The third-order valence-electron chi connectivity index (χ3n) is 3.73. The zero-order valence-electron chi connectivity index (χ0n) is 13.9. The van der Waals surface area contributed by atoms with Crippen LogP contribution in [0.2, 0.25) is 0 Å². The maximum Gasteiger partial charge on any atom is 0.335 e. The number of benzene rings is 2. The van der Waals surface area contributed by atoms with Crippen LogP contribution in [0.1, 0.15) is 20.7 Å². The highest BCUT2D eigenvalue weighted by atomic mass is 79.9. The second-order valence-electron chi connectivity index (χ2n) is 5.77. The summed E-state index contributed by atoms with van der Waals surface area (Å²) in [6.45, 7) is -0.0629. The molecule has 1 aliphatic heterocycles. The SMILES string of the molecule is CS(=O)(=O)c1cc(Br)ccc1C(=O)NC1COc2cc(C(=O)O)ccc2O1. The lowest BCUT2D eigenvalue weighted by molar-refractivity contribution is 0.0543. The van der Waals surface area contributed by atoms with Gasteiger partial charge >= 0.3 is 5.97 Å². The van der Waals surface area contributed by atoms with Crippen LogP contribution in [0.25, 0.3) is 0 Å². The molecule has 0 saturated heterocycles. The van der Waals surface area contributed by atoms with Gasteiger partial charge in [-0.2, -0.15) is 0 Å². The number of carbonyl (C=O) groups excluding carboxylic acids is 1. The van der Waals surface area contributed by atoms with Gasteiger partial charge in [-0.15, -0.1) is 0 Å². The fourth-order valence-electron chi connectivity index (χ4n) is 2.49. The van der Waals surface area contributed by atoms with E-state index in [2.05, 4.69) is 21.2 Å². The van der Waals surface area contributed by atoms with Gasteiger partial charge in [0.05, 0.1) is 16.0 Å². The summed E-state index contributed by atoms with van der Waals surface area (Å²) >= 11 is 3.19. The highest BCUT2D eigenvalue weighted by Gasteiger charge is 2.26. The Morgan fingerprint density at radius 2 is 1.93 bits per heavy atom. The molecule has 1 atom stereocenters. The second-order valence-corrected chi connectivity index (χ2v) is 8.67.